The molecule has 0 radical (unpaired) electrons. The summed E-state index contributed by atoms with van der Waals surface area (Å²) in [4.78, 5) is 2.28. The standard InChI is InChI=1S/C11H22N4O2/c1-8(12)4-15(13)10-2-3-14(5-11(10)16)9-6-17-7-9/h4,9-11,16H,2-3,5-7,12-13H2,1H3/b8-4-/t10-,11-/m1/s1. The van der Waals surface area contributed by atoms with Gasteiger partial charge in [-0.15, -0.1) is 0 Å². The lowest BCUT2D eigenvalue weighted by Crippen LogP contribution is -2.60. The normalized spacial score (nSPS) is 32.3. The predicted octanol–water partition coefficient (Wildman–Crippen LogP) is -1.18. The fourth-order valence-corrected chi connectivity index (χ4v) is 2.39. The Morgan fingerprint density at radius 2 is 2.24 bits per heavy atom. The van der Waals surface area contributed by atoms with Crippen molar-refractivity contribution in [3.05, 3.63) is 11.9 Å². The second-order valence-corrected chi connectivity index (χ2v) is 4.93. The molecule has 17 heavy (non-hydrogen) atoms. The van der Waals surface area contributed by atoms with E-state index in [1.54, 1.807) is 13.1 Å². The monoisotopic (exact) mass is 242 g/mol. The van der Waals surface area contributed by atoms with Gasteiger partial charge in [0.25, 0.3) is 0 Å². The van der Waals surface area contributed by atoms with Crippen molar-refractivity contribution in [3.63, 3.8) is 0 Å². The van der Waals surface area contributed by atoms with Gasteiger partial charge < -0.3 is 20.6 Å². The molecule has 2 saturated heterocycles. The molecule has 5 N–H and O–H groups in total. The fourth-order valence-electron chi connectivity index (χ4n) is 2.39. The summed E-state index contributed by atoms with van der Waals surface area (Å²) in [6.45, 7) is 4.95. The first-order valence-electron chi connectivity index (χ1n) is 6.04. The van der Waals surface area contributed by atoms with E-state index in [1.807, 2.05) is 0 Å². The third kappa shape index (κ3) is 2.90. The van der Waals surface area contributed by atoms with Crippen LogP contribution in [0, 0.1) is 0 Å². The Bertz CT molecular complexity index is 289. The quantitative estimate of drug-likeness (QED) is 0.426. The Kier molecular flexibility index (Phi) is 3.88. The van der Waals surface area contributed by atoms with Gasteiger partial charge in [-0.2, -0.15) is 0 Å². The number of aliphatic hydroxyl groups excluding tert-OH is 1. The van der Waals surface area contributed by atoms with Gasteiger partial charge in [-0.1, -0.05) is 0 Å². The van der Waals surface area contributed by atoms with E-state index in [0.29, 0.717) is 18.3 Å². The van der Waals surface area contributed by atoms with E-state index in [4.69, 9.17) is 16.3 Å². The Labute approximate surface area is 102 Å². The molecule has 0 spiro atoms. The number of hydrogen-bond donors (Lipinski definition) is 3. The molecule has 0 amide bonds. The SMILES string of the molecule is C/C(N)=C/N(N)[C@@H]1CCN(C2COC2)C[C@H]1O. The maximum absolute atomic E-state index is 10.1. The molecule has 0 aliphatic carbocycles. The van der Waals surface area contributed by atoms with E-state index in [2.05, 4.69) is 4.90 Å². The minimum atomic E-state index is -0.440. The van der Waals surface area contributed by atoms with Crippen LogP contribution < -0.4 is 11.6 Å². The molecule has 2 fully saturated rings. The molecule has 2 atom stereocenters. The first-order chi connectivity index (χ1) is 8.08. The zero-order chi connectivity index (χ0) is 12.4. The van der Waals surface area contributed by atoms with E-state index >= 15 is 0 Å². The zero-order valence-corrected chi connectivity index (χ0v) is 10.2. The van der Waals surface area contributed by atoms with E-state index in [0.717, 1.165) is 26.2 Å². The lowest BCUT2D eigenvalue weighted by atomic mass is 9.99. The smallest absolute Gasteiger partial charge is 0.0885 e. The molecule has 0 unspecified atom stereocenters. The van der Waals surface area contributed by atoms with Crippen molar-refractivity contribution in [1.29, 1.82) is 0 Å². The molecule has 0 aromatic rings. The first kappa shape index (κ1) is 12.6. The van der Waals surface area contributed by atoms with Gasteiger partial charge in [-0.05, 0) is 13.3 Å². The highest BCUT2D eigenvalue weighted by atomic mass is 16.5. The molecule has 2 aliphatic heterocycles. The molecule has 0 bridgehead atoms. The minimum absolute atomic E-state index is 0.0502. The summed E-state index contributed by atoms with van der Waals surface area (Å²) in [5, 5.41) is 11.7. The maximum Gasteiger partial charge on any atom is 0.0885 e. The van der Waals surface area contributed by atoms with Crippen molar-refractivity contribution in [2.45, 2.75) is 31.5 Å². The topological polar surface area (TPSA) is 88.0 Å². The molecule has 0 saturated carbocycles. The number of aliphatic hydroxyl groups is 1. The van der Waals surface area contributed by atoms with Gasteiger partial charge in [0.05, 0.1) is 31.4 Å². The zero-order valence-electron chi connectivity index (χ0n) is 10.2. The second-order valence-electron chi connectivity index (χ2n) is 4.93. The summed E-state index contributed by atoms with van der Waals surface area (Å²) >= 11 is 0. The number of β-amino-alcohol motifs (C(OH)–C–C–N with tert-alkyl or cyclic N) is 1. The van der Waals surface area contributed by atoms with Crippen LogP contribution in [-0.4, -0.2) is 59.5 Å². The first-order valence-corrected chi connectivity index (χ1v) is 6.04. The van der Waals surface area contributed by atoms with Crippen LogP contribution in [0.25, 0.3) is 0 Å². The highest BCUT2D eigenvalue weighted by Crippen LogP contribution is 2.20. The lowest BCUT2D eigenvalue weighted by Gasteiger charge is -2.45. The van der Waals surface area contributed by atoms with Crippen LogP contribution in [0.15, 0.2) is 11.9 Å². The molecular formula is C11H22N4O2. The average molecular weight is 242 g/mol. The van der Waals surface area contributed by atoms with Crippen molar-refractivity contribution in [3.8, 4) is 0 Å². The van der Waals surface area contributed by atoms with Crippen LogP contribution >= 0.6 is 0 Å². The highest BCUT2D eigenvalue weighted by Gasteiger charge is 2.35. The number of ether oxygens (including phenoxy) is 1. The molecule has 98 valence electrons. The van der Waals surface area contributed by atoms with Gasteiger partial charge in [0, 0.05) is 25.0 Å². The van der Waals surface area contributed by atoms with E-state index in [-0.39, 0.29) is 6.04 Å². The number of rotatable bonds is 3. The third-order valence-electron chi connectivity index (χ3n) is 3.45. The van der Waals surface area contributed by atoms with E-state index < -0.39 is 6.10 Å². The second kappa shape index (κ2) is 5.22. The van der Waals surface area contributed by atoms with Crippen molar-refractivity contribution >= 4 is 0 Å². The lowest BCUT2D eigenvalue weighted by molar-refractivity contribution is -0.0980. The van der Waals surface area contributed by atoms with Crippen molar-refractivity contribution in [1.82, 2.24) is 9.91 Å². The summed E-state index contributed by atoms with van der Waals surface area (Å²) in [7, 11) is 0. The molecule has 0 aromatic carbocycles. The summed E-state index contributed by atoms with van der Waals surface area (Å²) in [6.07, 6.45) is 2.08. The number of piperidine rings is 1. The number of nitrogens with two attached hydrogens (primary N) is 2. The van der Waals surface area contributed by atoms with Crippen molar-refractivity contribution < 1.29 is 9.84 Å². The van der Waals surface area contributed by atoms with Gasteiger partial charge in [0.1, 0.15) is 0 Å². The van der Waals surface area contributed by atoms with Gasteiger partial charge in [-0.25, -0.2) is 5.84 Å². The molecule has 2 heterocycles. The summed E-state index contributed by atoms with van der Waals surface area (Å²) in [6, 6.07) is 0.425. The highest BCUT2D eigenvalue weighted by molar-refractivity contribution is 4.96. The van der Waals surface area contributed by atoms with Gasteiger partial charge >= 0.3 is 0 Å². The van der Waals surface area contributed by atoms with Crippen LogP contribution in [0.1, 0.15) is 13.3 Å². The summed E-state index contributed by atoms with van der Waals surface area (Å²) in [5.41, 5.74) is 6.23. The predicted molar refractivity (Wildman–Crippen MR) is 64.6 cm³/mol. The molecular weight excluding hydrogens is 220 g/mol. The number of allylic oxidation sites excluding steroid dienone is 1. The van der Waals surface area contributed by atoms with E-state index in [9.17, 15) is 5.11 Å². The fraction of sp³-hybridized carbons (Fsp3) is 0.818. The average Bonchev–Trinajstić information content (AvgIpc) is 2.13. The van der Waals surface area contributed by atoms with Crippen molar-refractivity contribution in [2.24, 2.45) is 11.6 Å². The molecule has 2 aliphatic rings. The largest absolute Gasteiger partial charge is 0.401 e. The van der Waals surface area contributed by atoms with Gasteiger partial charge in [0.2, 0.25) is 0 Å². The number of hydrazine groups is 1. The molecule has 0 aromatic heterocycles. The molecule has 2 rings (SSSR count). The Hall–Kier alpha value is -0.820. The van der Waals surface area contributed by atoms with Crippen LogP contribution in [0.4, 0.5) is 0 Å². The number of likely N-dealkylation sites (tertiary alicyclic amines) is 1. The Morgan fingerprint density at radius 3 is 2.71 bits per heavy atom. The Balaban J connectivity index is 1.88. The van der Waals surface area contributed by atoms with Crippen LogP contribution in [0.3, 0.4) is 0 Å². The van der Waals surface area contributed by atoms with Gasteiger partial charge in [-0.3, -0.25) is 4.90 Å². The third-order valence-corrected chi connectivity index (χ3v) is 3.45. The molecule has 6 heteroatoms. The van der Waals surface area contributed by atoms with Crippen LogP contribution in [0.2, 0.25) is 0 Å². The Morgan fingerprint density at radius 1 is 1.53 bits per heavy atom. The van der Waals surface area contributed by atoms with Crippen LogP contribution in [0.5, 0.6) is 0 Å². The van der Waals surface area contributed by atoms with Crippen LogP contribution in [-0.2, 0) is 4.74 Å². The number of hydrogen-bond acceptors (Lipinski definition) is 6. The number of nitrogens with zero attached hydrogens (tertiary/aromatic N) is 2. The van der Waals surface area contributed by atoms with Gasteiger partial charge in [0.15, 0.2) is 0 Å². The van der Waals surface area contributed by atoms with E-state index in [1.165, 1.54) is 5.01 Å². The van der Waals surface area contributed by atoms with Crippen molar-refractivity contribution in [2.75, 3.05) is 26.3 Å². The summed E-state index contributed by atoms with van der Waals surface area (Å²) in [5.74, 6) is 5.88. The minimum Gasteiger partial charge on any atom is -0.401 e. The maximum atomic E-state index is 10.1. The molecule has 6 nitrogen and oxygen atoms in total. The summed E-state index contributed by atoms with van der Waals surface area (Å²) < 4.78 is 5.17.